The average molecular weight is 486 g/mol. The Morgan fingerprint density at radius 2 is 1.81 bits per heavy atom. The fourth-order valence-corrected chi connectivity index (χ4v) is 7.71. The molecular formula is C24H43NO3S2Si. The van der Waals surface area contributed by atoms with Gasteiger partial charge in [0, 0.05) is 10.3 Å². The van der Waals surface area contributed by atoms with Gasteiger partial charge >= 0.3 is 6.09 Å². The maximum Gasteiger partial charge on any atom is 0.407 e. The number of amides is 1. The SMILES string of the molecule is C=CC(CC1CC(=C2SCCCS2)CC1NC(=O)OC(C)(C)C)O[Si](C)(C)C(C)(C)C. The Hall–Kier alpha value is -0.373. The molecule has 31 heavy (non-hydrogen) atoms. The number of thioether (sulfide) groups is 2. The van der Waals surface area contributed by atoms with E-state index in [9.17, 15) is 4.79 Å². The molecule has 3 atom stereocenters. The van der Waals surface area contributed by atoms with E-state index in [0.717, 1.165) is 19.3 Å². The molecule has 2 fully saturated rings. The summed E-state index contributed by atoms with van der Waals surface area (Å²) < 4.78 is 13.7. The van der Waals surface area contributed by atoms with Gasteiger partial charge in [-0.15, -0.1) is 30.1 Å². The molecule has 1 N–H and O–H groups in total. The van der Waals surface area contributed by atoms with E-state index in [2.05, 4.69) is 45.8 Å². The molecule has 1 saturated carbocycles. The van der Waals surface area contributed by atoms with Gasteiger partial charge in [0.25, 0.3) is 0 Å². The molecule has 1 heterocycles. The van der Waals surface area contributed by atoms with E-state index in [4.69, 9.17) is 9.16 Å². The molecule has 0 spiro atoms. The normalized spacial score (nSPS) is 24.1. The summed E-state index contributed by atoms with van der Waals surface area (Å²) in [6.45, 7) is 21.2. The van der Waals surface area contributed by atoms with Crippen LogP contribution in [-0.2, 0) is 9.16 Å². The third-order valence-corrected chi connectivity index (χ3v) is 13.6. The Balaban J connectivity index is 2.16. The van der Waals surface area contributed by atoms with E-state index in [1.165, 1.54) is 27.7 Å². The highest BCUT2D eigenvalue weighted by molar-refractivity contribution is 8.22. The quantitative estimate of drug-likeness (QED) is 0.315. The van der Waals surface area contributed by atoms with Crippen LogP contribution in [0.25, 0.3) is 0 Å². The average Bonchev–Trinajstić information content (AvgIpc) is 3.01. The Labute approximate surface area is 199 Å². The molecule has 0 bridgehead atoms. The van der Waals surface area contributed by atoms with Crippen molar-refractivity contribution in [2.45, 2.75) is 103 Å². The van der Waals surface area contributed by atoms with Crippen molar-refractivity contribution in [2.75, 3.05) is 11.5 Å². The third kappa shape index (κ3) is 8.16. The van der Waals surface area contributed by atoms with Crippen LogP contribution in [0.3, 0.4) is 0 Å². The van der Waals surface area contributed by atoms with Crippen molar-refractivity contribution >= 4 is 37.9 Å². The van der Waals surface area contributed by atoms with Gasteiger partial charge in [0.15, 0.2) is 8.32 Å². The lowest BCUT2D eigenvalue weighted by Gasteiger charge is -2.39. The Morgan fingerprint density at radius 1 is 1.19 bits per heavy atom. The van der Waals surface area contributed by atoms with Crippen molar-refractivity contribution in [2.24, 2.45) is 5.92 Å². The molecular weight excluding hydrogens is 442 g/mol. The molecule has 178 valence electrons. The molecule has 1 amide bonds. The number of hydrogen-bond donors (Lipinski definition) is 1. The standard InChI is InChI=1S/C24H43NO3S2Si/c1-10-19(28-31(8,9)24(5,6)7)15-17-14-18(21-29-12-11-13-30-21)16-20(17)25-22(26)27-23(2,3)4/h10,17,19-20H,1,11-16H2,2-9H3,(H,25,26). The van der Waals surface area contributed by atoms with Crippen LogP contribution < -0.4 is 5.32 Å². The number of hydrogen-bond acceptors (Lipinski definition) is 5. The molecule has 2 aliphatic rings. The Morgan fingerprint density at radius 3 is 2.32 bits per heavy atom. The third-order valence-electron chi connectivity index (χ3n) is 6.34. The molecule has 1 saturated heterocycles. The van der Waals surface area contributed by atoms with Crippen molar-refractivity contribution in [3.63, 3.8) is 0 Å². The first-order chi connectivity index (χ1) is 14.2. The number of alkyl carbamates (subject to hydrolysis) is 1. The molecule has 0 radical (unpaired) electrons. The fourth-order valence-electron chi connectivity index (χ4n) is 3.70. The second-order valence-electron chi connectivity index (χ2n) is 11.3. The fraction of sp³-hybridized carbons (Fsp3) is 0.792. The van der Waals surface area contributed by atoms with Crippen molar-refractivity contribution < 1.29 is 14.0 Å². The smallest absolute Gasteiger partial charge is 0.407 e. The van der Waals surface area contributed by atoms with Crippen LogP contribution in [0.1, 0.15) is 67.2 Å². The monoisotopic (exact) mass is 485 g/mol. The Bertz CT molecular complexity index is 671. The molecule has 1 aliphatic heterocycles. The van der Waals surface area contributed by atoms with Gasteiger partial charge in [-0.2, -0.15) is 0 Å². The van der Waals surface area contributed by atoms with E-state index in [1.54, 1.807) is 0 Å². The van der Waals surface area contributed by atoms with Crippen molar-refractivity contribution in [3.05, 3.63) is 22.5 Å². The highest BCUT2D eigenvalue weighted by atomic mass is 32.2. The molecule has 0 aromatic carbocycles. The number of carbonyl (C=O) groups excluding carboxylic acids is 1. The highest BCUT2D eigenvalue weighted by Crippen LogP contribution is 2.46. The van der Waals surface area contributed by atoms with Crippen LogP contribution in [0.4, 0.5) is 4.79 Å². The van der Waals surface area contributed by atoms with Crippen LogP contribution in [-0.4, -0.2) is 43.7 Å². The lowest BCUT2D eigenvalue weighted by atomic mass is 9.96. The van der Waals surface area contributed by atoms with Gasteiger partial charge in [0.2, 0.25) is 0 Å². The first kappa shape index (κ1) is 26.9. The summed E-state index contributed by atoms with van der Waals surface area (Å²) in [4.78, 5) is 12.6. The van der Waals surface area contributed by atoms with E-state index < -0.39 is 13.9 Å². The van der Waals surface area contributed by atoms with Gasteiger partial charge in [0.05, 0.1) is 6.10 Å². The molecule has 4 nitrogen and oxygen atoms in total. The number of rotatable bonds is 6. The summed E-state index contributed by atoms with van der Waals surface area (Å²) in [5.41, 5.74) is 1.000. The minimum atomic E-state index is -1.90. The summed E-state index contributed by atoms with van der Waals surface area (Å²) in [5.74, 6) is 2.72. The zero-order valence-corrected chi connectivity index (χ0v) is 23.4. The first-order valence-electron chi connectivity index (χ1n) is 11.5. The van der Waals surface area contributed by atoms with E-state index in [1.807, 2.05) is 50.4 Å². The largest absolute Gasteiger partial charge is 0.444 e. The topological polar surface area (TPSA) is 47.6 Å². The minimum Gasteiger partial charge on any atom is -0.444 e. The van der Waals surface area contributed by atoms with E-state index in [-0.39, 0.29) is 23.3 Å². The van der Waals surface area contributed by atoms with Crippen molar-refractivity contribution in [1.29, 1.82) is 0 Å². The summed E-state index contributed by atoms with van der Waals surface area (Å²) in [5, 5.41) is 3.34. The van der Waals surface area contributed by atoms with Crippen LogP contribution in [0.5, 0.6) is 0 Å². The van der Waals surface area contributed by atoms with Gasteiger partial charge in [0.1, 0.15) is 5.60 Å². The number of carbonyl (C=O) groups is 1. The summed E-state index contributed by atoms with van der Waals surface area (Å²) in [6.07, 6.45) is 5.71. The van der Waals surface area contributed by atoms with Gasteiger partial charge in [-0.25, -0.2) is 4.79 Å². The predicted molar refractivity (Wildman–Crippen MR) is 139 cm³/mol. The molecule has 2 rings (SSSR count). The molecule has 7 heteroatoms. The number of nitrogens with one attached hydrogen (secondary N) is 1. The number of ether oxygens (including phenoxy) is 1. The van der Waals surface area contributed by atoms with Crippen LogP contribution >= 0.6 is 23.5 Å². The second kappa shape index (κ2) is 10.7. The first-order valence-corrected chi connectivity index (χ1v) is 16.4. The lowest BCUT2D eigenvalue weighted by Crippen LogP contribution is -2.45. The van der Waals surface area contributed by atoms with Crippen molar-refractivity contribution in [3.8, 4) is 0 Å². The summed E-state index contributed by atoms with van der Waals surface area (Å²) in [6, 6.07) is 0.0749. The van der Waals surface area contributed by atoms with Gasteiger partial charge in [-0.1, -0.05) is 26.8 Å². The van der Waals surface area contributed by atoms with Crippen LogP contribution in [0.2, 0.25) is 18.1 Å². The van der Waals surface area contributed by atoms with Gasteiger partial charge in [-0.05, 0) is 87.6 Å². The van der Waals surface area contributed by atoms with Crippen LogP contribution in [0, 0.1) is 5.92 Å². The van der Waals surface area contributed by atoms with Crippen molar-refractivity contribution in [1.82, 2.24) is 5.32 Å². The van der Waals surface area contributed by atoms with Crippen LogP contribution in [0.15, 0.2) is 22.5 Å². The second-order valence-corrected chi connectivity index (χ2v) is 18.5. The summed E-state index contributed by atoms with van der Waals surface area (Å²) in [7, 11) is -1.90. The van der Waals surface area contributed by atoms with Gasteiger partial charge < -0.3 is 14.5 Å². The molecule has 1 aliphatic carbocycles. The highest BCUT2D eigenvalue weighted by Gasteiger charge is 2.41. The molecule has 0 aromatic rings. The zero-order valence-electron chi connectivity index (χ0n) is 20.8. The molecule has 0 aromatic heterocycles. The minimum absolute atomic E-state index is 0.00448. The zero-order chi connectivity index (χ0) is 23.4. The molecule has 3 unspecified atom stereocenters. The maximum atomic E-state index is 12.6. The van der Waals surface area contributed by atoms with E-state index in [0.29, 0.717) is 5.92 Å². The predicted octanol–water partition coefficient (Wildman–Crippen LogP) is 7.34. The lowest BCUT2D eigenvalue weighted by molar-refractivity contribution is 0.0485. The van der Waals surface area contributed by atoms with E-state index >= 15 is 0 Å². The van der Waals surface area contributed by atoms with Gasteiger partial charge in [-0.3, -0.25) is 0 Å². The summed E-state index contributed by atoms with van der Waals surface area (Å²) >= 11 is 3.97. The Kier molecular flexibility index (Phi) is 9.28. The maximum absolute atomic E-state index is 12.6.